The number of aromatic nitrogens is 2. The van der Waals surface area contributed by atoms with E-state index in [1.165, 1.54) is 0 Å². The van der Waals surface area contributed by atoms with E-state index in [0.29, 0.717) is 18.1 Å². The summed E-state index contributed by atoms with van der Waals surface area (Å²) in [6.07, 6.45) is 2.03. The zero-order chi connectivity index (χ0) is 17.2. The molecule has 2 aromatic heterocycles. The molecule has 1 aliphatic rings. The Hall–Kier alpha value is -2.67. The fourth-order valence-corrected chi connectivity index (χ4v) is 3.28. The van der Waals surface area contributed by atoms with Gasteiger partial charge in [0.1, 0.15) is 11.3 Å². The predicted octanol–water partition coefficient (Wildman–Crippen LogP) is 2.94. The molecule has 7 nitrogen and oxygen atoms in total. The van der Waals surface area contributed by atoms with Crippen molar-refractivity contribution in [3.63, 3.8) is 0 Å². The van der Waals surface area contributed by atoms with Crippen LogP contribution in [0.15, 0.2) is 39.3 Å². The van der Waals surface area contributed by atoms with Gasteiger partial charge in [-0.25, -0.2) is 4.98 Å². The van der Waals surface area contributed by atoms with E-state index in [0.717, 1.165) is 42.9 Å². The predicted molar refractivity (Wildman–Crippen MR) is 92.3 cm³/mol. The van der Waals surface area contributed by atoms with Gasteiger partial charge in [-0.3, -0.25) is 9.69 Å². The van der Waals surface area contributed by atoms with Crippen LogP contribution in [0.4, 0.5) is 5.82 Å². The highest BCUT2D eigenvalue weighted by molar-refractivity contribution is 5.91. The maximum Gasteiger partial charge on any atom is 0.239 e. The number of piperidine rings is 1. The number of carbonyl (C=O) groups excluding carboxylic acids is 1. The third-order valence-electron chi connectivity index (χ3n) is 4.43. The van der Waals surface area contributed by atoms with Crippen LogP contribution in [-0.2, 0) is 4.79 Å². The van der Waals surface area contributed by atoms with Gasteiger partial charge in [0.2, 0.25) is 5.91 Å². The van der Waals surface area contributed by atoms with Crippen LogP contribution in [0.3, 0.4) is 0 Å². The second kappa shape index (κ2) is 6.68. The largest absolute Gasteiger partial charge is 0.440 e. The van der Waals surface area contributed by atoms with E-state index < -0.39 is 0 Å². The maximum absolute atomic E-state index is 12.2. The third kappa shape index (κ3) is 3.56. The van der Waals surface area contributed by atoms with Gasteiger partial charge in [0.25, 0.3) is 0 Å². The van der Waals surface area contributed by atoms with Crippen molar-refractivity contribution < 1.29 is 13.7 Å². The van der Waals surface area contributed by atoms with Crippen LogP contribution in [0.25, 0.3) is 11.1 Å². The number of amides is 1. The van der Waals surface area contributed by atoms with Gasteiger partial charge < -0.3 is 14.3 Å². The summed E-state index contributed by atoms with van der Waals surface area (Å²) in [6, 6.07) is 9.49. The minimum absolute atomic E-state index is 0.0912. The van der Waals surface area contributed by atoms with E-state index >= 15 is 0 Å². The van der Waals surface area contributed by atoms with E-state index in [4.69, 9.17) is 8.94 Å². The Balaban J connectivity index is 1.39. The molecule has 1 atom stereocenters. The molecule has 1 N–H and O–H groups in total. The third-order valence-corrected chi connectivity index (χ3v) is 4.43. The van der Waals surface area contributed by atoms with Crippen molar-refractivity contribution in [1.29, 1.82) is 0 Å². The van der Waals surface area contributed by atoms with Crippen molar-refractivity contribution in [2.24, 2.45) is 0 Å². The lowest BCUT2D eigenvalue weighted by Crippen LogP contribution is -2.39. The minimum atomic E-state index is -0.0912. The molecule has 0 radical (unpaired) electrons. The number of rotatable bonds is 4. The summed E-state index contributed by atoms with van der Waals surface area (Å²) in [5.41, 5.74) is 1.70. The second-order valence-electron chi connectivity index (χ2n) is 6.47. The van der Waals surface area contributed by atoms with E-state index in [9.17, 15) is 4.79 Å². The average molecular weight is 340 g/mol. The first-order chi connectivity index (χ1) is 12.2. The Morgan fingerprint density at radius 1 is 1.40 bits per heavy atom. The number of para-hydroxylation sites is 2. The van der Waals surface area contributed by atoms with Crippen molar-refractivity contribution >= 4 is 22.8 Å². The van der Waals surface area contributed by atoms with Gasteiger partial charge in [0.15, 0.2) is 17.3 Å². The molecule has 1 amide bonds. The van der Waals surface area contributed by atoms with Gasteiger partial charge in [-0.1, -0.05) is 17.3 Å². The molecule has 3 aromatic rings. The fourth-order valence-electron chi connectivity index (χ4n) is 3.28. The Labute approximate surface area is 145 Å². The lowest BCUT2D eigenvalue weighted by Gasteiger charge is -2.30. The summed E-state index contributed by atoms with van der Waals surface area (Å²) in [4.78, 5) is 18.9. The van der Waals surface area contributed by atoms with Crippen LogP contribution in [0.5, 0.6) is 0 Å². The first-order valence-electron chi connectivity index (χ1n) is 8.48. The molecule has 130 valence electrons. The number of nitrogens with one attached hydrogen (secondary N) is 1. The number of fused-ring (bicyclic) bond motifs is 1. The summed E-state index contributed by atoms with van der Waals surface area (Å²) in [5, 5.41) is 6.55. The standard InChI is InChI=1S/C18H20N4O3/c1-12-9-16(21-25-12)20-17(23)11-22-8-4-5-13(10-22)18-19-14-6-2-3-7-15(14)24-18/h2-3,6-7,9,13H,4-5,8,10-11H2,1H3,(H,20,21,23)/t13-/m1/s1. The number of benzene rings is 1. The van der Waals surface area contributed by atoms with E-state index in [1.54, 1.807) is 13.0 Å². The average Bonchev–Trinajstić information content (AvgIpc) is 3.21. The number of oxazole rings is 1. The summed E-state index contributed by atoms with van der Waals surface area (Å²) >= 11 is 0. The van der Waals surface area contributed by atoms with Crippen LogP contribution >= 0.6 is 0 Å². The lowest BCUT2D eigenvalue weighted by molar-refractivity contribution is -0.117. The number of likely N-dealkylation sites (tertiary alicyclic amines) is 1. The first-order valence-corrected chi connectivity index (χ1v) is 8.48. The van der Waals surface area contributed by atoms with Gasteiger partial charge in [-0.05, 0) is 38.4 Å². The topological polar surface area (TPSA) is 84.4 Å². The minimum Gasteiger partial charge on any atom is -0.440 e. The number of anilines is 1. The highest BCUT2D eigenvalue weighted by atomic mass is 16.5. The summed E-state index contributed by atoms with van der Waals surface area (Å²) < 4.78 is 10.9. The molecule has 0 saturated carbocycles. The highest BCUT2D eigenvalue weighted by Gasteiger charge is 2.26. The molecule has 4 rings (SSSR count). The SMILES string of the molecule is Cc1cc(NC(=O)CN2CCC[C@@H](c3nc4ccccc4o3)C2)no1. The number of hydrogen-bond acceptors (Lipinski definition) is 6. The maximum atomic E-state index is 12.2. The number of aryl methyl sites for hydroxylation is 1. The van der Waals surface area contributed by atoms with Gasteiger partial charge in [0.05, 0.1) is 6.54 Å². The second-order valence-corrected chi connectivity index (χ2v) is 6.47. The van der Waals surface area contributed by atoms with Crippen molar-refractivity contribution in [2.45, 2.75) is 25.7 Å². The van der Waals surface area contributed by atoms with E-state index in [2.05, 4.69) is 20.4 Å². The molecule has 0 aliphatic carbocycles. The van der Waals surface area contributed by atoms with Crippen LogP contribution in [0, 0.1) is 6.92 Å². The molecule has 1 saturated heterocycles. The monoisotopic (exact) mass is 340 g/mol. The number of carbonyl (C=O) groups is 1. The Bertz CT molecular complexity index is 852. The molecule has 3 heterocycles. The highest BCUT2D eigenvalue weighted by Crippen LogP contribution is 2.28. The van der Waals surface area contributed by atoms with Crippen molar-refractivity contribution in [2.75, 3.05) is 25.0 Å². The van der Waals surface area contributed by atoms with Crippen LogP contribution in [0.2, 0.25) is 0 Å². The first kappa shape index (κ1) is 15.8. The summed E-state index contributed by atoms with van der Waals surface area (Å²) in [7, 11) is 0. The van der Waals surface area contributed by atoms with Crippen molar-refractivity contribution in [3.8, 4) is 0 Å². The summed E-state index contributed by atoms with van der Waals surface area (Å²) in [6.45, 7) is 3.76. The normalized spacial score (nSPS) is 18.5. The van der Waals surface area contributed by atoms with Crippen LogP contribution in [-0.4, -0.2) is 40.6 Å². The van der Waals surface area contributed by atoms with E-state index in [-0.39, 0.29) is 11.8 Å². The van der Waals surface area contributed by atoms with Gasteiger partial charge in [-0.15, -0.1) is 0 Å². The van der Waals surface area contributed by atoms with Crippen LogP contribution in [0.1, 0.15) is 30.4 Å². The molecule has 1 aromatic carbocycles. The Morgan fingerprint density at radius 3 is 3.08 bits per heavy atom. The van der Waals surface area contributed by atoms with Gasteiger partial charge in [-0.2, -0.15) is 0 Å². The molecule has 0 spiro atoms. The quantitative estimate of drug-likeness (QED) is 0.786. The van der Waals surface area contributed by atoms with E-state index in [1.807, 2.05) is 24.3 Å². The van der Waals surface area contributed by atoms with Gasteiger partial charge in [0, 0.05) is 18.5 Å². The molecule has 0 unspecified atom stereocenters. The number of hydrogen-bond donors (Lipinski definition) is 1. The molecule has 25 heavy (non-hydrogen) atoms. The molecular weight excluding hydrogens is 320 g/mol. The fraction of sp³-hybridized carbons (Fsp3) is 0.389. The molecule has 0 bridgehead atoms. The molecule has 7 heteroatoms. The molecule has 1 aliphatic heterocycles. The zero-order valence-electron chi connectivity index (χ0n) is 14.1. The van der Waals surface area contributed by atoms with Crippen molar-refractivity contribution in [1.82, 2.24) is 15.0 Å². The number of nitrogens with zero attached hydrogens (tertiary/aromatic N) is 3. The lowest BCUT2D eigenvalue weighted by atomic mass is 9.98. The van der Waals surface area contributed by atoms with Crippen LogP contribution < -0.4 is 5.32 Å². The molecular formula is C18H20N4O3. The Kier molecular flexibility index (Phi) is 4.23. The smallest absolute Gasteiger partial charge is 0.239 e. The van der Waals surface area contributed by atoms with Gasteiger partial charge >= 0.3 is 0 Å². The summed E-state index contributed by atoms with van der Waals surface area (Å²) in [5.74, 6) is 2.01. The Morgan fingerprint density at radius 2 is 2.28 bits per heavy atom. The zero-order valence-corrected chi connectivity index (χ0v) is 14.1. The van der Waals surface area contributed by atoms with Crippen molar-refractivity contribution in [3.05, 3.63) is 42.0 Å². The molecule has 1 fully saturated rings.